The molecule has 3 aromatic rings. The van der Waals surface area contributed by atoms with Crippen LogP contribution in [0.1, 0.15) is 5.56 Å². The van der Waals surface area contributed by atoms with E-state index in [1.165, 1.54) is 12.1 Å². The smallest absolute Gasteiger partial charge is 0.422 e. The van der Waals surface area contributed by atoms with E-state index >= 15 is 0 Å². The van der Waals surface area contributed by atoms with E-state index in [4.69, 9.17) is 9.47 Å². The van der Waals surface area contributed by atoms with E-state index in [0.717, 1.165) is 5.56 Å². The van der Waals surface area contributed by atoms with Gasteiger partial charge in [0.05, 0.1) is 0 Å². The Labute approximate surface area is 181 Å². The van der Waals surface area contributed by atoms with Crippen molar-refractivity contribution in [2.75, 3.05) is 23.8 Å². The van der Waals surface area contributed by atoms with Crippen LogP contribution in [-0.4, -0.2) is 39.4 Å². The number of hydrogen-bond donors (Lipinski definition) is 3. The SMILES string of the molecule is C=CCOc1ccc(Nc2nc(NCc3ccc(O)cc3)nc(OCC(F)(F)F)n2)cc1. The summed E-state index contributed by atoms with van der Waals surface area (Å²) in [4.78, 5) is 12.0. The summed E-state index contributed by atoms with van der Waals surface area (Å²) in [6.07, 6.45) is -2.92. The second-order valence-corrected chi connectivity index (χ2v) is 6.44. The Morgan fingerprint density at radius 3 is 2.28 bits per heavy atom. The van der Waals surface area contributed by atoms with Crippen LogP contribution in [0.15, 0.2) is 61.2 Å². The third-order valence-electron chi connectivity index (χ3n) is 3.85. The molecule has 0 atom stereocenters. The van der Waals surface area contributed by atoms with Crippen LogP contribution in [0.25, 0.3) is 0 Å². The number of phenolic OH excluding ortho intramolecular Hbond substituents is 1. The summed E-state index contributed by atoms with van der Waals surface area (Å²) in [5, 5.41) is 15.2. The van der Waals surface area contributed by atoms with Crippen LogP contribution in [0.5, 0.6) is 17.5 Å². The van der Waals surface area contributed by atoms with Crippen molar-refractivity contribution < 1.29 is 27.8 Å². The predicted molar refractivity (Wildman–Crippen MR) is 112 cm³/mol. The molecule has 11 heteroatoms. The molecule has 0 bridgehead atoms. The molecule has 0 spiro atoms. The molecule has 0 saturated heterocycles. The zero-order chi connectivity index (χ0) is 23.0. The van der Waals surface area contributed by atoms with E-state index in [1.54, 1.807) is 42.5 Å². The summed E-state index contributed by atoms with van der Waals surface area (Å²) in [5.74, 6) is 0.740. The number of aromatic nitrogens is 3. The number of aromatic hydroxyl groups is 1. The van der Waals surface area contributed by atoms with Crippen molar-refractivity contribution in [3.63, 3.8) is 0 Å². The number of alkyl halides is 3. The topological polar surface area (TPSA) is 101 Å². The van der Waals surface area contributed by atoms with Crippen molar-refractivity contribution in [2.45, 2.75) is 12.7 Å². The Morgan fingerprint density at radius 1 is 0.938 bits per heavy atom. The van der Waals surface area contributed by atoms with Gasteiger partial charge in [-0.3, -0.25) is 0 Å². The van der Waals surface area contributed by atoms with Gasteiger partial charge in [-0.25, -0.2) is 0 Å². The maximum Gasteiger partial charge on any atom is 0.422 e. The van der Waals surface area contributed by atoms with Gasteiger partial charge in [0.15, 0.2) is 6.61 Å². The lowest BCUT2D eigenvalue weighted by atomic mass is 10.2. The summed E-state index contributed by atoms with van der Waals surface area (Å²) < 4.78 is 47.8. The highest BCUT2D eigenvalue weighted by Gasteiger charge is 2.29. The lowest BCUT2D eigenvalue weighted by Crippen LogP contribution is -2.21. The van der Waals surface area contributed by atoms with Gasteiger partial charge >= 0.3 is 12.2 Å². The molecule has 0 aliphatic carbocycles. The number of halogens is 3. The summed E-state index contributed by atoms with van der Waals surface area (Å²) >= 11 is 0. The molecule has 2 aromatic carbocycles. The number of rotatable bonds is 10. The number of anilines is 3. The van der Waals surface area contributed by atoms with Crippen molar-refractivity contribution in [1.82, 2.24) is 15.0 Å². The van der Waals surface area contributed by atoms with Gasteiger partial charge in [0.25, 0.3) is 0 Å². The normalized spacial score (nSPS) is 11.0. The number of hydrogen-bond acceptors (Lipinski definition) is 8. The molecule has 32 heavy (non-hydrogen) atoms. The number of phenols is 1. The molecule has 0 aliphatic heterocycles. The largest absolute Gasteiger partial charge is 0.508 e. The monoisotopic (exact) mass is 447 g/mol. The molecule has 3 N–H and O–H groups in total. The molecule has 1 heterocycles. The second kappa shape index (κ2) is 10.3. The molecular formula is C21H20F3N5O3. The molecule has 0 amide bonds. The highest BCUT2D eigenvalue weighted by atomic mass is 19.4. The van der Waals surface area contributed by atoms with Crippen LogP contribution in [0.4, 0.5) is 30.8 Å². The van der Waals surface area contributed by atoms with Crippen molar-refractivity contribution >= 4 is 17.6 Å². The number of nitrogens with one attached hydrogen (secondary N) is 2. The van der Waals surface area contributed by atoms with E-state index in [1.807, 2.05) is 0 Å². The highest BCUT2D eigenvalue weighted by Crippen LogP contribution is 2.22. The first-order valence-electron chi connectivity index (χ1n) is 9.39. The van der Waals surface area contributed by atoms with E-state index in [0.29, 0.717) is 18.0 Å². The molecule has 168 valence electrons. The fourth-order valence-corrected chi connectivity index (χ4v) is 2.42. The van der Waals surface area contributed by atoms with Crippen molar-refractivity contribution in [3.05, 3.63) is 66.7 Å². The first-order valence-corrected chi connectivity index (χ1v) is 9.39. The van der Waals surface area contributed by atoms with Gasteiger partial charge in [-0.1, -0.05) is 24.8 Å². The summed E-state index contributed by atoms with van der Waals surface area (Å²) in [5.41, 5.74) is 1.37. The van der Waals surface area contributed by atoms with Crippen LogP contribution in [0, 0.1) is 0 Å². The van der Waals surface area contributed by atoms with Gasteiger partial charge < -0.3 is 25.2 Å². The number of ether oxygens (including phenoxy) is 2. The van der Waals surface area contributed by atoms with Crippen molar-refractivity contribution in [3.8, 4) is 17.5 Å². The minimum absolute atomic E-state index is 0.00913. The summed E-state index contributed by atoms with van der Waals surface area (Å²) in [7, 11) is 0. The Hall–Kier alpha value is -4.02. The Bertz CT molecular complexity index is 1030. The van der Waals surface area contributed by atoms with Gasteiger partial charge in [0.1, 0.15) is 18.1 Å². The van der Waals surface area contributed by atoms with E-state index in [-0.39, 0.29) is 24.2 Å². The van der Waals surface area contributed by atoms with Crippen LogP contribution in [0.3, 0.4) is 0 Å². The van der Waals surface area contributed by atoms with Gasteiger partial charge in [-0.05, 0) is 42.0 Å². The zero-order valence-corrected chi connectivity index (χ0v) is 16.8. The molecule has 1 aromatic heterocycles. The Balaban J connectivity index is 1.75. The molecule has 0 aliphatic rings. The average molecular weight is 447 g/mol. The minimum Gasteiger partial charge on any atom is -0.508 e. The second-order valence-electron chi connectivity index (χ2n) is 6.44. The molecule has 3 rings (SSSR count). The summed E-state index contributed by atoms with van der Waals surface area (Å²) in [6.45, 7) is 2.66. The highest BCUT2D eigenvalue weighted by molar-refractivity contribution is 5.55. The lowest BCUT2D eigenvalue weighted by molar-refractivity contribution is -0.154. The standard InChI is InChI=1S/C21H20F3N5O3/c1-2-11-31-17-9-5-15(6-10-17)26-19-27-18(25-12-14-3-7-16(30)8-4-14)28-20(29-19)32-13-21(22,23)24/h2-10,30H,1,11-13H2,(H2,25,26,27,28,29). The quantitative estimate of drug-likeness (QED) is 0.392. The molecule has 0 unspecified atom stereocenters. The lowest BCUT2D eigenvalue weighted by Gasteiger charge is -2.12. The zero-order valence-electron chi connectivity index (χ0n) is 16.8. The average Bonchev–Trinajstić information content (AvgIpc) is 2.76. The molecule has 0 saturated carbocycles. The predicted octanol–water partition coefficient (Wildman–Crippen LogP) is 4.44. The molecule has 0 fully saturated rings. The molecular weight excluding hydrogens is 427 g/mol. The maximum atomic E-state index is 12.6. The van der Waals surface area contributed by atoms with Gasteiger partial charge in [-0.2, -0.15) is 28.1 Å². The van der Waals surface area contributed by atoms with E-state index in [9.17, 15) is 18.3 Å². The van der Waals surface area contributed by atoms with Gasteiger partial charge in [-0.15, -0.1) is 0 Å². The summed E-state index contributed by atoms with van der Waals surface area (Å²) in [6, 6.07) is 12.7. The Kier molecular flexibility index (Phi) is 7.32. The fraction of sp³-hybridized carbons (Fsp3) is 0.190. The van der Waals surface area contributed by atoms with Gasteiger partial charge in [0.2, 0.25) is 11.9 Å². The first kappa shape index (κ1) is 22.7. The van der Waals surface area contributed by atoms with E-state index < -0.39 is 18.8 Å². The van der Waals surface area contributed by atoms with Crippen LogP contribution in [-0.2, 0) is 6.54 Å². The van der Waals surface area contributed by atoms with Crippen molar-refractivity contribution in [2.24, 2.45) is 0 Å². The third kappa shape index (κ3) is 7.35. The van der Waals surface area contributed by atoms with Crippen LogP contribution < -0.4 is 20.1 Å². The van der Waals surface area contributed by atoms with E-state index in [2.05, 4.69) is 32.2 Å². The van der Waals surface area contributed by atoms with Crippen LogP contribution in [0.2, 0.25) is 0 Å². The fourth-order valence-electron chi connectivity index (χ4n) is 2.42. The first-order chi connectivity index (χ1) is 15.3. The number of nitrogens with zero attached hydrogens (tertiary/aromatic N) is 3. The molecule has 0 radical (unpaired) electrons. The minimum atomic E-state index is -4.54. The third-order valence-corrected chi connectivity index (χ3v) is 3.85. The van der Waals surface area contributed by atoms with Crippen LogP contribution >= 0.6 is 0 Å². The Morgan fingerprint density at radius 2 is 1.62 bits per heavy atom. The van der Waals surface area contributed by atoms with Crippen molar-refractivity contribution in [1.29, 1.82) is 0 Å². The molecule has 8 nitrogen and oxygen atoms in total. The van der Waals surface area contributed by atoms with Gasteiger partial charge in [0, 0.05) is 12.2 Å². The maximum absolute atomic E-state index is 12.6. The number of benzene rings is 2.